The van der Waals surface area contributed by atoms with Crippen LogP contribution in [0.2, 0.25) is 0 Å². The van der Waals surface area contributed by atoms with E-state index in [1.807, 2.05) is 36.4 Å². The number of nitrogens with zero attached hydrogens (tertiary/aromatic N) is 3. The van der Waals surface area contributed by atoms with Gasteiger partial charge in [0, 0.05) is 150 Å². The molecule has 0 saturated carbocycles. The first-order valence-electron chi connectivity index (χ1n) is 34.9. The smallest absolute Gasteiger partial charge is 0.132 e. The molecule has 6 aromatic carbocycles. The van der Waals surface area contributed by atoms with E-state index >= 15 is 0 Å². The molecule has 6 N–H and O–H groups in total. The molecule has 6 atom stereocenters. The summed E-state index contributed by atoms with van der Waals surface area (Å²) < 4.78 is 38.7. The summed E-state index contributed by atoms with van der Waals surface area (Å²) in [6.45, 7) is 36.0. The number of nitrogens with one attached hydrogen (secondary N) is 3. The first-order valence-corrected chi connectivity index (χ1v) is 39.7. The highest BCUT2D eigenvalue weighted by atomic mass is 123. The predicted molar refractivity (Wildman–Crippen MR) is 432 cm³/mol. The van der Waals surface area contributed by atoms with Gasteiger partial charge in [0.15, 0.2) is 0 Å². The van der Waals surface area contributed by atoms with Gasteiger partial charge in [-0.1, -0.05) is 117 Å². The highest BCUT2D eigenvalue weighted by Gasteiger charge is 2.28. The van der Waals surface area contributed by atoms with Crippen molar-refractivity contribution >= 4 is 103 Å². The topological polar surface area (TPSA) is 162 Å². The molecular formula is C78H108Cl3I3N6O9. The van der Waals surface area contributed by atoms with Crippen molar-refractivity contribution in [3.63, 3.8) is 0 Å². The molecule has 0 aliphatic carbocycles. The molecule has 0 bridgehead atoms. The largest absolute Gasteiger partial charge is 0.492 e. The summed E-state index contributed by atoms with van der Waals surface area (Å²) in [6, 6.07) is 43.7. The van der Waals surface area contributed by atoms with Gasteiger partial charge in [0.25, 0.3) is 0 Å². The standard InChI is InChI=1S/3C26H36ClIN2O3/c3*1-19(15-27)17-33-25-9-6-21(14-24(25)28)26(2,3)20-4-7-23(8-5-20)32-18-22(31)16-30-12-10-29-11-13-30/h3*4-9,14,19,22,29,31H,10-13,15-18H2,1-3H3/t2*19-,22+;19-,22-/m100/s1/i3*28-4. The normalized spacial score (nSPS) is 16.9. The third-order valence-electron chi connectivity index (χ3n) is 18.4. The fraction of sp³-hybridized carbons (Fsp3) is 0.538. The molecule has 3 fully saturated rings. The Balaban J connectivity index is 0.000000209. The molecule has 3 aliphatic rings. The number of ether oxygens (including phenoxy) is 6. The van der Waals surface area contributed by atoms with Crippen LogP contribution >= 0.6 is 103 Å². The molecule has 0 spiro atoms. The minimum atomic E-state index is -0.491. The number of hydrogen-bond donors (Lipinski definition) is 6. The Bertz CT molecular complexity index is 2960. The maximum Gasteiger partial charge on any atom is 0.132 e. The summed E-state index contributed by atoms with van der Waals surface area (Å²) >= 11 is 24.7. The lowest BCUT2D eigenvalue weighted by Crippen LogP contribution is -2.47. The van der Waals surface area contributed by atoms with Gasteiger partial charge in [-0.3, -0.25) is 14.7 Å². The molecule has 21 heteroatoms. The minimum absolute atomic E-state index is 0.164. The highest BCUT2D eigenvalue weighted by Crippen LogP contribution is 2.39. The molecule has 3 aliphatic heterocycles. The number of aliphatic hydroxyl groups excluding tert-OH is 3. The van der Waals surface area contributed by atoms with Gasteiger partial charge in [0.2, 0.25) is 0 Å². The van der Waals surface area contributed by atoms with Gasteiger partial charge >= 0.3 is 0 Å². The van der Waals surface area contributed by atoms with E-state index in [1.54, 1.807) is 0 Å². The van der Waals surface area contributed by atoms with Gasteiger partial charge in [0.05, 0.1) is 30.5 Å². The van der Waals surface area contributed by atoms with E-state index in [0.717, 1.165) is 124 Å². The fourth-order valence-corrected chi connectivity index (χ4v) is 13.8. The fourth-order valence-electron chi connectivity index (χ4n) is 11.6. The molecule has 15 nitrogen and oxygen atoms in total. The Morgan fingerprint density at radius 3 is 0.788 bits per heavy atom. The van der Waals surface area contributed by atoms with Crippen LogP contribution < -0.4 is 44.4 Å². The van der Waals surface area contributed by atoms with Crippen molar-refractivity contribution in [3.8, 4) is 34.5 Å². The maximum atomic E-state index is 10.3. The molecule has 3 heterocycles. The number of halogens is 6. The summed E-state index contributed by atoms with van der Waals surface area (Å²) in [5.74, 6) is 7.78. The zero-order valence-electron chi connectivity index (χ0n) is 59.5. The van der Waals surface area contributed by atoms with Crippen molar-refractivity contribution in [1.29, 1.82) is 0 Å². The number of piperazine rings is 3. The Hall–Kier alpha value is -3.18. The first kappa shape index (κ1) is 83.1. The molecule has 0 aromatic heterocycles. The van der Waals surface area contributed by atoms with Crippen molar-refractivity contribution < 1.29 is 43.7 Å². The average Bonchev–Trinajstić information content (AvgIpc) is 0.817. The van der Waals surface area contributed by atoms with Crippen molar-refractivity contribution in [2.75, 3.05) is 155 Å². The summed E-state index contributed by atoms with van der Waals surface area (Å²) in [5, 5.41) is 40.9. The second-order valence-electron chi connectivity index (χ2n) is 28.1. The number of alkyl halides is 3. The van der Waals surface area contributed by atoms with Crippen LogP contribution in [0.3, 0.4) is 0 Å². The van der Waals surface area contributed by atoms with E-state index in [1.165, 1.54) is 33.4 Å². The Morgan fingerprint density at radius 2 is 0.576 bits per heavy atom. The van der Waals surface area contributed by atoms with E-state index in [9.17, 15) is 15.3 Å². The first-order chi connectivity index (χ1) is 47.4. The van der Waals surface area contributed by atoms with Crippen LogP contribution in [-0.2, 0) is 16.2 Å². The Kier molecular flexibility index (Phi) is 35.3. The SMILES string of the molecule is C[C@@H](CCl)COc1ccc(C(C)(C)c2ccc(OC[C@@H](O)CN3CCNCC3)cc2)cc1[123I].C[C@@H](CCl)COc1ccc(C(C)(C)c2ccc(OC[C@H](O)CN3CCNCC3)cc2)cc1[123I].C[C@H](CCl)COc1ccc(C(C)(C)c2ccc(OC[C@@H](O)CN3CCNCC3)cc2)cc1[123I]. The number of rotatable bonds is 33. The second kappa shape index (κ2) is 42.1. The van der Waals surface area contributed by atoms with E-state index in [-0.39, 0.29) is 16.2 Å². The van der Waals surface area contributed by atoms with Crippen LogP contribution in [0, 0.1) is 28.5 Å². The van der Waals surface area contributed by atoms with E-state index in [0.29, 0.717) is 94.7 Å². The third kappa shape index (κ3) is 27.0. The molecule has 9 rings (SSSR count). The molecule has 99 heavy (non-hydrogen) atoms. The lowest BCUT2D eigenvalue weighted by molar-refractivity contribution is 0.0640. The van der Waals surface area contributed by atoms with Gasteiger partial charge in [-0.05, 0) is 174 Å². The molecule has 0 unspecified atom stereocenters. The van der Waals surface area contributed by atoms with Crippen LogP contribution in [0.5, 0.6) is 34.5 Å². The number of hydrogen-bond acceptors (Lipinski definition) is 15. The highest BCUT2D eigenvalue weighted by molar-refractivity contribution is 14.1. The summed E-state index contributed by atoms with van der Waals surface area (Å²) in [7, 11) is 0. The Morgan fingerprint density at radius 1 is 0.354 bits per heavy atom. The van der Waals surface area contributed by atoms with Crippen molar-refractivity contribution in [2.24, 2.45) is 17.8 Å². The van der Waals surface area contributed by atoms with Gasteiger partial charge in [0.1, 0.15) is 72.6 Å². The van der Waals surface area contributed by atoms with Crippen LogP contribution in [0.1, 0.15) is 95.7 Å². The Labute approximate surface area is 647 Å². The second-order valence-corrected chi connectivity index (χ2v) is 32.6. The van der Waals surface area contributed by atoms with Crippen molar-refractivity contribution in [2.45, 2.75) is 96.9 Å². The summed E-state index contributed by atoms with van der Waals surface area (Å²) in [6.07, 6.45) is -1.47. The van der Waals surface area contributed by atoms with Gasteiger partial charge < -0.3 is 59.7 Å². The van der Waals surface area contributed by atoms with E-state index < -0.39 is 18.3 Å². The van der Waals surface area contributed by atoms with Crippen molar-refractivity contribution in [3.05, 3.63) is 171 Å². The lowest BCUT2D eigenvalue weighted by Gasteiger charge is -2.29. The average molecular weight is 1750 g/mol. The summed E-state index contributed by atoms with van der Waals surface area (Å²) in [4.78, 5) is 6.81. The van der Waals surface area contributed by atoms with E-state index in [4.69, 9.17) is 63.2 Å². The summed E-state index contributed by atoms with van der Waals surface area (Å²) in [5.41, 5.74) is 6.80. The van der Waals surface area contributed by atoms with Crippen LogP contribution in [0.25, 0.3) is 0 Å². The minimum Gasteiger partial charge on any atom is -0.492 e. The molecule has 0 radical (unpaired) electrons. The molecule has 3 saturated heterocycles. The quantitative estimate of drug-likeness (QED) is 0.0170. The predicted octanol–water partition coefficient (Wildman–Crippen LogP) is 13.5. The van der Waals surface area contributed by atoms with Crippen LogP contribution in [0.15, 0.2) is 127 Å². The number of aliphatic hydroxyl groups is 3. The van der Waals surface area contributed by atoms with Crippen LogP contribution in [0.4, 0.5) is 0 Å². The number of β-amino-alcohol motifs (C(OH)–C–C–N with tert-alkyl or cyclic N) is 3. The zero-order chi connectivity index (χ0) is 71.5. The molecule has 6 aromatic rings. The van der Waals surface area contributed by atoms with Gasteiger partial charge in [-0.15, -0.1) is 34.8 Å². The zero-order valence-corrected chi connectivity index (χ0v) is 68.2. The maximum absolute atomic E-state index is 10.3. The van der Waals surface area contributed by atoms with Gasteiger partial charge in [-0.25, -0.2) is 0 Å². The van der Waals surface area contributed by atoms with Crippen molar-refractivity contribution in [1.82, 2.24) is 30.7 Å². The van der Waals surface area contributed by atoms with Gasteiger partial charge in [-0.2, -0.15) is 0 Å². The lowest BCUT2D eigenvalue weighted by atomic mass is 9.78. The third-order valence-corrected chi connectivity index (χ3v) is 22.5. The number of benzene rings is 6. The molecule has 546 valence electrons. The molecular weight excluding hydrogens is 1640 g/mol. The monoisotopic (exact) mass is 1750 g/mol. The van der Waals surface area contributed by atoms with E-state index in [2.05, 4.69) is 252 Å². The molecule has 0 amide bonds. The van der Waals surface area contributed by atoms with Crippen LogP contribution in [-0.4, -0.2) is 204 Å².